The van der Waals surface area contributed by atoms with Crippen molar-refractivity contribution in [3.63, 3.8) is 0 Å². The van der Waals surface area contributed by atoms with Crippen LogP contribution in [0.25, 0.3) is 0 Å². The molecule has 0 unspecified atom stereocenters. The SMILES string of the molecule is CCCOc1c(Br)cc(C(=O)Nc2ccccc2C(=O)NCC(C)C)cc1OC. The molecule has 0 radical (unpaired) electrons. The lowest BCUT2D eigenvalue weighted by Gasteiger charge is -2.15. The van der Waals surface area contributed by atoms with Crippen LogP contribution in [0, 0.1) is 5.92 Å². The largest absolute Gasteiger partial charge is 0.493 e. The lowest BCUT2D eigenvalue weighted by molar-refractivity contribution is 0.0950. The van der Waals surface area contributed by atoms with Crippen molar-refractivity contribution in [1.29, 1.82) is 0 Å². The molecule has 2 aromatic rings. The average Bonchev–Trinajstić information content (AvgIpc) is 2.70. The van der Waals surface area contributed by atoms with Crippen LogP contribution in [0.15, 0.2) is 40.9 Å². The Bertz CT molecular complexity index is 868. The quantitative estimate of drug-likeness (QED) is 0.556. The zero-order chi connectivity index (χ0) is 21.4. The van der Waals surface area contributed by atoms with E-state index >= 15 is 0 Å². The van der Waals surface area contributed by atoms with E-state index < -0.39 is 0 Å². The number of amides is 2. The predicted octanol–water partition coefficient (Wildman–Crippen LogP) is 4.88. The third kappa shape index (κ3) is 6.22. The Hall–Kier alpha value is -2.54. The smallest absolute Gasteiger partial charge is 0.255 e. The van der Waals surface area contributed by atoms with Gasteiger partial charge in [-0.25, -0.2) is 0 Å². The second-order valence-electron chi connectivity index (χ2n) is 6.94. The molecule has 0 bridgehead atoms. The zero-order valence-corrected chi connectivity index (χ0v) is 18.8. The van der Waals surface area contributed by atoms with Crippen molar-refractivity contribution in [2.24, 2.45) is 5.92 Å². The molecule has 0 atom stereocenters. The van der Waals surface area contributed by atoms with Crippen molar-refractivity contribution >= 4 is 33.4 Å². The van der Waals surface area contributed by atoms with E-state index in [1.165, 1.54) is 7.11 Å². The predicted molar refractivity (Wildman–Crippen MR) is 118 cm³/mol. The van der Waals surface area contributed by atoms with Gasteiger partial charge in [0.1, 0.15) is 0 Å². The molecule has 0 heterocycles. The van der Waals surface area contributed by atoms with Crippen LogP contribution in [-0.2, 0) is 0 Å². The Labute approximate surface area is 180 Å². The number of rotatable bonds is 9. The van der Waals surface area contributed by atoms with Crippen LogP contribution >= 0.6 is 15.9 Å². The number of hydrogen-bond acceptors (Lipinski definition) is 4. The van der Waals surface area contributed by atoms with Gasteiger partial charge in [0, 0.05) is 12.1 Å². The van der Waals surface area contributed by atoms with Gasteiger partial charge < -0.3 is 20.1 Å². The standard InChI is InChI=1S/C22H27BrN2O4/c1-5-10-29-20-17(23)11-15(12-19(20)28-4)21(26)25-18-9-7-6-8-16(18)22(27)24-13-14(2)3/h6-9,11-12,14H,5,10,13H2,1-4H3,(H,24,27)(H,25,26). The minimum Gasteiger partial charge on any atom is -0.493 e. The van der Waals surface area contributed by atoms with Crippen LogP contribution < -0.4 is 20.1 Å². The minimum absolute atomic E-state index is 0.225. The van der Waals surface area contributed by atoms with E-state index in [1.807, 2.05) is 20.8 Å². The number of carbonyl (C=O) groups is 2. The van der Waals surface area contributed by atoms with Crippen LogP contribution in [0.1, 0.15) is 47.9 Å². The van der Waals surface area contributed by atoms with Crippen LogP contribution in [0.2, 0.25) is 0 Å². The maximum atomic E-state index is 12.8. The van der Waals surface area contributed by atoms with E-state index in [4.69, 9.17) is 9.47 Å². The minimum atomic E-state index is -0.352. The van der Waals surface area contributed by atoms with Crippen molar-refractivity contribution in [2.45, 2.75) is 27.2 Å². The normalized spacial score (nSPS) is 10.6. The van der Waals surface area contributed by atoms with Gasteiger partial charge in [0.15, 0.2) is 11.5 Å². The Morgan fingerprint density at radius 2 is 1.86 bits per heavy atom. The summed E-state index contributed by atoms with van der Waals surface area (Å²) in [5.41, 5.74) is 1.24. The topological polar surface area (TPSA) is 76.7 Å². The highest BCUT2D eigenvalue weighted by molar-refractivity contribution is 9.10. The number of methoxy groups -OCH3 is 1. The highest BCUT2D eigenvalue weighted by Crippen LogP contribution is 2.37. The Kier molecular flexibility index (Phi) is 8.51. The summed E-state index contributed by atoms with van der Waals surface area (Å²) in [4.78, 5) is 25.3. The second kappa shape index (κ2) is 10.9. The first-order valence-electron chi connectivity index (χ1n) is 9.56. The Balaban J connectivity index is 2.25. The molecular formula is C22H27BrN2O4. The zero-order valence-electron chi connectivity index (χ0n) is 17.2. The third-order valence-electron chi connectivity index (χ3n) is 4.03. The fourth-order valence-corrected chi connectivity index (χ4v) is 3.13. The Morgan fingerprint density at radius 1 is 1.14 bits per heavy atom. The molecule has 0 aromatic heterocycles. The summed E-state index contributed by atoms with van der Waals surface area (Å²) < 4.78 is 11.7. The van der Waals surface area contributed by atoms with Crippen molar-refractivity contribution < 1.29 is 19.1 Å². The maximum Gasteiger partial charge on any atom is 0.255 e. The molecule has 0 saturated heterocycles. The monoisotopic (exact) mass is 462 g/mol. The van der Waals surface area contributed by atoms with Gasteiger partial charge >= 0.3 is 0 Å². The number of anilines is 1. The van der Waals surface area contributed by atoms with Crippen molar-refractivity contribution in [2.75, 3.05) is 25.6 Å². The van der Waals surface area contributed by atoms with Crippen LogP contribution in [0.3, 0.4) is 0 Å². The molecule has 2 amide bonds. The lowest BCUT2D eigenvalue weighted by Crippen LogP contribution is -2.28. The molecule has 6 nitrogen and oxygen atoms in total. The molecule has 2 N–H and O–H groups in total. The summed E-state index contributed by atoms with van der Waals surface area (Å²) in [6, 6.07) is 10.2. The molecule has 0 aliphatic carbocycles. The van der Waals surface area contributed by atoms with Crippen LogP contribution in [0.5, 0.6) is 11.5 Å². The summed E-state index contributed by atoms with van der Waals surface area (Å²) in [6.45, 7) is 7.15. The van der Waals surface area contributed by atoms with E-state index in [9.17, 15) is 9.59 Å². The summed E-state index contributed by atoms with van der Waals surface area (Å²) in [7, 11) is 1.52. The molecule has 2 aromatic carbocycles. The molecule has 0 aliphatic heterocycles. The van der Waals surface area contributed by atoms with Gasteiger partial charge in [-0.3, -0.25) is 9.59 Å². The molecule has 7 heteroatoms. The molecule has 0 saturated carbocycles. The van der Waals surface area contributed by atoms with E-state index in [-0.39, 0.29) is 11.8 Å². The molecule has 29 heavy (non-hydrogen) atoms. The number of nitrogens with one attached hydrogen (secondary N) is 2. The first-order valence-corrected chi connectivity index (χ1v) is 10.4. The van der Waals surface area contributed by atoms with Gasteiger partial charge in [-0.1, -0.05) is 32.9 Å². The number of benzene rings is 2. The van der Waals surface area contributed by atoms with Gasteiger partial charge in [0.25, 0.3) is 11.8 Å². The lowest BCUT2D eigenvalue weighted by atomic mass is 10.1. The van der Waals surface area contributed by atoms with Crippen molar-refractivity contribution in [1.82, 2.24) is 5.32 Å². The number of para-hydroxylation sites is 1. The van der Waals surface area contributed by atoms with Crippen LogP contribution in [-0.4, -0.2) is 32.1 Å². The van der Waals surface area contributed by atoms with Gasteiger partial charge in [0.05, 0.1) is 29.4 Å². The summed E-state index contributed by atoms with van der Waals surface area (Å²) >= 11 is 3.45. The molecular weight excluding hydrogens is 436 g/mol. The number of halogens is 1. The summed E-state index contributed by atoms with van der Waals surface area (Å²) in [5, 5.41) is 5.69. The van der Waals surface area contributed by atoms with Gasteiger partial charge in [-0.15, -0.1) is 0 Å². The average molecular weight is 463 g/mol. The first kappa shape index (κ1) is 22.7. The highest BCUT2D eigenvalue weighted by Gasteiger charge is 2.18. The maximum absolute atomic E-state index is 12.8. The van der Waals surface area contributed by atoms with Crippen molar-refractivity contribution in [3.8, 4) is 11.5 Å². The first-order chi connectivity index (χ1) is 13.9. The van der Waals surface area contributed by atoms with E-state index in [1.54, 1.807) is 36.4 Å². The molecule has 156 valence electrons. The summed E-state index contributed by atoms with van der Waals surface area (Å²) in [6.07, 6.45) is 0.855. The van der Waals surface area contributed by atoms with Gasteiger partial charge in [0.2, 0.25) is 0 Å². The van der Waals surface area contributed by atoms with Gasteiger partial charge in [-0.05, 0) is 52.5 Å². The third-order valence-corrected chi connectivity index (χ3v) is 4.62. The van der Waals surface area contributed by atoms with E-state index in [2.05, 4.69) is 26.6 Å². The summed E-state index contributed by atoms with van der Waals surface area (Å²) in [5.74, 6) is 0.770. The number of ether oxygens (including phenoxy) is 2. The highest BCUT2D eigenvalue weighted by atomic mass is 79.9. The van der Waals surface area contributed by atoms with Gasteiger partial charge in [-0.2, -0.15) is 0 Å². The van der Waals surface area contributed by atoms with Crippen LogP contribution in [0.4, 0.5) is 5.69 Å². The molecule has 2 rings (SSSR count). The molecule has 0 fully saturated rings. The number of hydrogen-bond donors (Lipinski definition) is 2. The fourth-order valence-electron chi connectivity index (χ4n) is 2.57. The molecule has 0 aliphatic rings. The Morgan fingerprint density at radius 3 is 2.52 bits per heavy atom. The second-order valence-corrected chi connectivity index (χ2v) is 7.80. The molecule has 0 spiro atoms. The van der Waals surface area contributed by atoms with E-state index in [0.717, 1.165) is 6.42 Å². The van der Waals surface area contributed by atoms with E-state index in [0.29, 0.717) is 51.9 Å². The fraction of sp³-hybridized carbons (Fsp3) is 0.364. The van der Waals surface area contributed by atoms with Crippen molar-refractivity contribution in [3.05, 3.63) is 52.0 Å². The number of carbonyl (C=O) groups excluding carboxylic acids is 2.